The topological polar surface area (TPSA) is 152 Å². The summed E-state index contributed by atoms with van der Waals surface area (Å²) in [5.74, 6) is 0.640. The molecule has 2 aliphatic rings. The molecule has 152 valence electrons. The van der Waals surface area contributed by atoms with Crippen molar-refractivity contribution in [1.29, 1.82) is 0 Å². The Kier molecular flexibility index (Phi) is 8.44. The monoisotopic (exact) mass is 412 g/mol. The Morgan fingerprint density at radius 2 is 1.81 bits per heavy atom. The molecule has 9 atom stereocenters. The maximum absolute atomic E-state index is 11.4. The van der Waals surface area contributed by atoms with E-state index in [1.54, 1.807) is 0 Å². The molecule has 2 rings (SSSR count). The van der Waals surface area contributed by atoms with Crippen LogP contribution in [0, 0.1) is 0 Å². The van der Waals surface area contributed by atoms with Gasteiger partial charge in [0, 0.05) is 19.2 Å². The summed E-state index contributed by atoms with van der Waals surface area (Å²) in [5.41, 5.74) is -0.510. The van der Waals surface area contributed by atoms with Crippen LogP contribution >= 0.6 is 23.5 Å². The third kappa shape index (κ3) is 5.24. The number of nitrogens with one attached hydrogen (secondary N) is 2. The minimum absolute atomic E-state index is 0.144. The number of hydrogen-bond acceptors (Lipinski definition) is 10. The summed E-state index contributed by atoms with van der Waals surface area (Å²) in [6, 6.07) is -0.718. The number of carbonyl (C=O) groups is 1. The molecule has 0 spiro atoms. The molecule has 11 heteroatoms. The minimum Gasteiger partial charge on any atom is -0.389 e. The zero-order valence-corrected chi connectivity index (χ0v) is 16.3. The van der Waals surface area contributed by atoms with E-state index < -0.39 is 53.5 Å². The first-order chi connectivity index (χ1) is 12.3. The quantitative estimate of drug-likeness (QED) is 0.248. The highest BCUT2D eigenvalue weighted by atomic mass is 32.2. The lowest BCUT2D eigenvalue weighted by atomic mass is 9.98. The van der Waals surface area contributed by atoms with Gasteiger partial charge in [-0.05, 0) is 5.75 Å². The first-order valence-electron chi connectivity index (χ1n) is 8.55. The molecule has 2 heterocycles. The van der Waals surface area contributed by atoms with Crippen molar-refractivity contribution in [1.82, 2.24) is 10.6 Å². The number of amides is 1. The third-order valence-electron chi connectivity index (χ3n) is 4.42. The average molecular weight is 413 g/mol. The molecular weight excluding hydrogens is 384 g/mol. The number of carbonyl (C=O) groups excluding carboxylic acids is 1. The first kappa shape index (κ1) is 22.2. The highest BCUT2D eigenvalue weighted by Crippen LogP contribution is 2.31. The van der Waals surface area contributed by atoms with Crippen molar-refractivity contribution in [2.24, 2.45) is 0 Å². The maximum Gasteiger partial charge on any atom is 0.217 e. The van der Waals surface area contributed by atoms with E-state index in [2.05, 4.69) is 10.6 Å². The molecule has 0 radical (unpaired) electrons. The van der Waals surface area contributed by atoms with E-state index in [9.17, 15) is 30.3 Å². The van der Waals surface area contributed by atoms with Crippen LogP contribution in [-0.2, 0) is 9.53 Å². The largest absolute Gasteiger partial charge is 0.389 e. The van der Waals surface area contributed by atoms with Gasteiger partial charge in [-0.25, -0.2) is 0 Å². The van der Waals surface area contributed by atoms with Crippen molar-refractivity contribution in [3.8, 4) is 0 Å². The normalized spacial score (nSPS) is 43.9. The number of thioether (sulfide) groups is 2. The van der Waals surface area contributed by atoms with E-state index >= 15 is 0 Å². The van der Waals surface area contributed by atoms with Gasteiger partial charge in [-0.3, -0.25) is 4.79 Å². The Balaban J connectivity index is 1.97. The molecule has 0 aliphatic carbocycles. The van der Waals surface area contributed by atoms with Crippen LogP contribution in [0.2, 0.25) is 0 Å². The van der Waals surface area contributed by atoms with Gasteiger partial charge in [0.1, 0.15) is 29.9 Å². The number of aliphatic hydroxyl groups is 5. The van der Waals surface area contributed by atoms with Gasteiger partial charge in [-0.1, -0.05) is 6.92 Å². The summed E-state index contributed by atoms with van der Waals surface area (Å²) >= 11 is 2.65. The second-order valence-corrected chi connectivity index (χ2v) is 8.97. The molecule has 26 heavy (non-hydrogen) atoms. The lowest BCUT2D eigenvalue weighted by Crippen LogP contribution is -2.63. The molecule has 9 nitrogen and oxygen atoms in total. The summed E-state index contributed by atoms with van der Waals surface area (Å²) in [4.78, 5) is 11.4. The smallest absolute Gasteiger partial charge is 0.217 e. The van der Waals surface area contributed by atoms with Crippen molar-refractivity contribution in [3.05, 3.63) is 0 Å². The summed E-state index contributed by atoms with van der Waals surface area (Å²) < 4.78 is 5.89. The van der Waals surface area contributed by atoms with E-state index in [1.807, 2.05) is 6.92 Å². The maximum atomic E-state index is 11.4. The van der Waals surface area contributed by atoms with Gasteiger partial charge in [-0.2, -0.15) is 0 Å². The average Bonchev–Trinajstić information content (AvgIpc) is 2.59. The summed E-state index contributed by atoms with van der Waals surface area (Å²) in [7, 11) is 0. The molecule has 0 aromatic carbocycles. The van der Waals surface area contributed by atoms with Crippen molar-refractivity contribution in [2.45, 2.75) is 67.3 Å². The number of ether oxygens (including phenoxy) is 1. The van der Waals surface area contributed by atoms with Crippen molar-refractivity contribution in [2.75, 3.05) is 18.1 Å². The highest BCUT2D eigenvalue weighted by molar-refractivity contribution is 8.00. The molecule has 0 unspecified atom stereocenters. The van der Waals surface area contributed by atoms with Crippen molar-refractivity contribution >= 4 is 29.4 Å². The number of aliphatic hydroxyl groups excluding tert-OH is 5. The molecule has 1 amide bonds. The fraction of sp³-hybridized carbons (Fsp3) is 0.933. The van der Waals surface area contributed by atoms with Crippen LogP contribution < -0.4 is 10.6 Å². The summed E-state index contributed by atoms with van der Waals surface area (Å²) in [6.07, 6.45) is -6.54. The summed E-state index contributed by atoms with van der Waals surface area (Å²) in [6.45, 7) is 3.41. The van der Waals surface area contributed by atoms with Gasteiger partial charge in [0.2, 0.25) is 5.91 Å². The Morgan fingerprint density at radius 3 is 2.42 bits per heavy atom. The van der Waals surface area contributed by atoms with E-state index in [1.165, 1.54) is 30.4 Å². The zero-order chi connectivity index (χ0) is 19.4. The second kappa shape index (κ2) is 9.89. The van der Waals surface area contributed by atoms with Gasteiger partial charge in [-0.15, -0.1) is 23.5 Å². The minimum atomic E-state index is -1.25. The van der Waals surface area contributed by atoms with Crippen LogP contribution in [0.15, 0.2) is 0 Å². The van der Waals surface area contributed by atoms with Crippen LogP contribution in [0.1, 0.15) is 13.8 Å². The fourth-order valence-electron chi connectivity index (χ4n) is 3.01. The molecular formula is C15H28N2O7S2. The van der Waals surface area contributed by atoms with E-state index in [-0.39, 0.29) is 18.2 Å². The molecule has 0 saturated carbocycles. The Morgan fingerprint density at radius 1 is 1.12 bits per heavy atom. The van der Waals surface area contributed by atoms with E-state index in [0.29, 0.717) is 5.75 Å². The fourth-order valence-corrected chi connectivity index (χ4v) is 5.24. The van der Waals surface area contributed by atoms with Crippen LogP contribution in [0.3, 0.4) is 0 Å². The van der Waals surface area contributed by atoms with Crippen LogP contribution in [0.25, 0.3) is 0 Å². The predicted octanol–water partition coefficient (Wildman–Crippen LogP) is -2.56. The van der Waals surface area contributed by atoms with Crippen molar-refractivity contribution in [3.63, 3.8) is 0 Å². The number of piperidine rings is 1. The predicted molar refractivity (Wildman–Crippen MR) is 98.7 cm³/mol. The van der Waals surface area contributed by atoms with E-state index in [0.717, 1.165) is 0 Å². The Bertz CT molecular complexity index is 475. The van der Waals surface area contributed by atoms with Gasteiger partial charge in [0.25, 0.3) is 0 Å². The van der Waals surface area contributed by atoms with Crippen LogP contribution in [0.5, 0.6) is 0 Å². The first-order valence-corrected chi connectivity index (χ1v) is 10.7. The second-order valence-electron chi connectivity index (χ2n) is 6.42. The Labute approximate surface area is 160 Å². The number of β-amino-alcohol motifs (C(OH)–C–C–N with tert-alkyl or cyclic N) is 1. The van der Waals surface area contributed by atoms with Gasteiger partial charge in [0.15, 0.2) is 0 Å². The summed E-state index contributed by atoms with van der Waals surface area (Å²) in [5, 5.41) is 55.1. The standard InChI is InChI=1S/C15H28N2O7S2/c1-3-25-15-9(17-6(2)18)12(22)11(21)8(24-15)5-26-14-13(23)10(20)7(19)4-16-14/h7-16,19-23H,3-5H2,1-2H3,(H,17,18)/t7-,8-,9-,10-,11-,12-,13+,14+,15+/m1/s1. The van der Waals surface area contributed by atoms with Crippen molar-refractivity contribution < 1.29 is 35.1 Å². The van der Waals surface area contributed by atoms with Gasteiger partial charge < -0.3 is 40.9 Å². The molecule has 2 aliphatic heterocycles. The lowest BCUT2D eigenvalue weighted by molar-refractivity contribution is -0.156. The van der Waals surface area contributed by atoms with Crippen LogP contribution in [-0.4, -0.2) is 103 Å². The van der Waals surface area contributed by atoms with Gasteiger partial charge in [0.05, 0.1) is 23.6 Å². The molecule has 2 fully saturated rings. The SMILES string of the molecule is CCS[C@@H]1O[C@H](CS[C@@H]2NC[C@@H](O)[C@@H](O)[C@@H]2O)[C@@H](O)[C@H](O)[C@H]1NC(C)=O. The Hall–Kier alpha value is -0.110. The molecule has 0 aromatic rings. The molecule has 2 saturated heterocycles. The molecule has 0 bridgehead atoms. The van der Waals surface area contributed by atoms with Crippen LogP contribution in [0.4, 0.5) is 0 Å². The third-order valence-corrected chi connectivity index (χ3v) is 6.82. The zero-order valence-electron chi connectivity index (χ0n) is 14.7. The highest BCUT2D eigenvalue weighted by Gasteiger charge is 2.45. The lowest BCUT2D eigenvalue weighted by Gasteiger charge is -2.43. The molecule has 7 N–H and O–H groups in total. The van der Waals surface area contributed by atoms with E-state index in [4.69, 9.17) is 4.74 Å². The number of hydrogen-bond donors (Lipinski definition) is 7. The van der Waals surface area contributed by atoms with Gasteiger partial charge >= 0.3 is 0 Å². The number of rotatable bonds is 6. The molecule has 0 aromatic heterocycles.